The van der Waals surface area contributed by atoms with E-state index in [2.05, 4.69) is 14.5 Å². The lowest BCUT2D eigenvalue weighted by atomic mass is 10.2. The van der Waals surface area contributed by atoms with Gasteiger partial charge in [-0.15, -0.1) is 0 Å². The standard InChI is InChI=1S/C14H12FNO4S/c1-19-13(17)11(14(18)20-2)12(15)21-10-7-16-9-6-4-3-5-8(9)10/h3-7,16H,1-2H3. The third-order valence-electron chi connectivity index (χ3n) is 2.73. The third-order valence-corrected chi connectivity index (χ3v) is 3.67. The van der Waals surface area contributed by atoms with Crippen molar-refractivity contribution in [2.75, 3.05) is 14.2 Å². The molecule has 0 aliphatic rings. The number of hydrogen-bond acceptors (Lipinski definition) is 5. The Labute approximate surface area is 124 Å². The molecule has 0 atom stereocenters. The van der Waals surface area contributed by atoms with E-state index in [0.29, 0.717) is 16.7 Å². The second-order valence-corrected chi connectivity index (χ2v) is 4.93. The lowest BCUT2D eigenvalue weighted by Gasteiger charge is -2.05. The summed E-state index contributed by atoms with van der Waals surface area (Å²) in [7, 11) is 2.13. The summed E-state index contributed by atoms with van der Waals surface area (Å²) in [5, 5.41) is -0.190. The summed E-state index contributed by atoms with van der Waals surface area (Å²) in [6.45, 7) is 0. The number of carbonyl (C=O) groups excluding carboxylic acids is 2. The highest BCUT2D eigenvalue weighted by molar-refractivity contribution is 8.03. The van der Waals surface area contributed by atoms with Gasteiger partial charge in [-0.3, -0.25) is 0 Å². The summed E-state index contributed by atoms with van der Waals surface area (Å²) in [6, 6.07) is 7.29. The maximum absolute atomic E-state index is 14.3. The molecule has 0 unspecified atom stereocenters. The van der Waals surface area contributed by atoms with Crippen LogP contribution in [0.25, 0.3) is 10.9 Å². The number of nitrogens with one attached hydrogen (secondary N) is 1. The van der Waals surface area contributed by atoms with Crippen LogP contribution < -0.4 is 0 Å². The molecule has 7 heteroatoms. The van der Waals surface area contributed by atoms with Gasteiger partial charge in [0.15, 0.2) is 10.7 Å². The Morgan fingerprint density at radius 1 is 1.14 bits per heavy atom. The van der Waals surface area contributed by atoms with Crippen molar-refractivity contribution < 1.29 is 23.5 Å². The van der Waals surface area contributed by atoms with Crippen LogP contribution in [0.5, 0.6) is 0 Å². The van der Waals surface area contributed by atoms with Crippen molar-refractivity contribution in [1.82, 2.24) is 4.98 Å². The maximum atomic E-state index is 14.3. The van der Waals surface area contributed by atoms with E-state index >= 15 is 0 Å². The minimum absolute atomic E-state index is 0.549. The molecule has 0 amide bonds. The Kier molecular flexibility index (Phi) is 4.64. The first kappa shape index (κ1) is 15.1. The van der Waals surface area contributed by atoms with Gasteiger partial charge in [-0.25, -0.2) is 9.59 Å². The number of methoxy groups -OCH3 is 2. The molecule has 0 saturated heterocycles. The van der Waals surface area contributed by atoms with Gasteiger partial charge < -0.3 is 14.5 Å². The predicted octanol–water partition coefficient (Wildman–Crippen LogP) is 2.79. The Bertz CT molecular complexity index is 705. The Hall–Kier alpha value is -2.28. The van der Waals surface area contributed by atoms with Crippen molar-refractivity contribution in [3.8, 4) is 0 Å². The van der Waals surface area contributed by atoms with Crippen molar-refractivity contribution >= 4 is 34.6 Å². The Balaban J connectivity index is 2.41. The lowest BCUT2D eigenvalue weighted by molar-refractivity contribution is -0.144. The lowest BCUT2D eigenvalue weighted by Crippen LogP contribution is -2.16. The number of benzene rings is 1. The van der Waals surface area contributed by atoms with Crippen LogP contribution in [0.1, 0.15) is 0 Å². The first-order valence-electron chi connectivity index (χ1n) is 5.88. The van der Waals surface area contributed by atoms with Crippen LogP contribution in [0.3, 0.4) is 0 Å². The monoisotopic (exact) mass is 309 g/mol. The van der Waals surface area contributed by atoms with Gasteiger partial charge in [0, 0.05) is 22.0 Å². The largest absolute Gasteiger partial charge is 0.465 e. The second-order valence-electron chi connectivity index (χ2n) is 3.93. The summed E-state index contributed by atoms with van der Waals surface area (Å²) < 4.78 is 23.1. The summed E-state index contributed by atoms with van der Waals surface area (Å²) in [4.78, 5) is 26.5. The minimum atomic E-state index is -1.08. The van der Waals surface area contributed by atoms with E-state index in [1.54, 1.807) is 12.3 Å². The SMILES string of the molecule is COC(=O)C(C(=O)OC)=C(F)Sc1c[nH]c2ccccc12. The van der Waals surface area contributed by atoms with Crippen LogP contribution in [0, 0.1) is 0 Å². The fourth-order valence-electron chi connectivity index (χ4n) is 1.72. The van der Waals surface area contributed by atoms with E-state index in [1.165, 1.54) is 0 Å². The molecular formula is C14H12FNO4S. The molecule has 0 radical (unpaired) electrons. The van der Waals surface area contributed by atoms with Gasteiger partial charge in [-0.05, 0) is 6.07 Å². The molecule has 110 valence electrons. The molecule has 0 fully saturated rings. The van der Waals surface area contributed by atoms with E-state index in [4.69, 9.17) is 0 Å². The number of fused-ring (bicyclic) bond motifs is 1. The molecule has 1 N–H and O–H groups in total. The number of carbonyl (C=O) groups is 2. The van der Waals surface area contributed by atoms with E-state index in [9.17, 15) is 14.0 Å². The quantitative estimate of drug-likeness (QED) is 0.309. The highest BCUT2D eigenvalue weighted by atomic mass is 32.2. The van der Waals surface area contributed by atoms with Crippen LogP contribution in [0.2, 0.25) is 0 Å². The molecule has 0 aliphatic carbocycles. The number of thioether (sulfide) groups is 1. The van der Waals surface area contributed by atoms with Gasteiger partial charge in [0.2, 0.25) is 0 Å². The average Bonchev–Trinajstić information content (AvgIpc) is 2.90. The van der Waals surface area contributed by atoms with Gasteiger partial charge in [0.25, 0.3) is 0 Å². The van der Waals surface area contributed by atoms with Crippen LogP contribution in [0.4, 0.5) is 4.39 Å². The van der Waals surface area contributed by atoms with Crippen molar-refractivity contribution in [2.24, 2.45) is 0 Å². The fourth-order valence-corrected chi connectivity index (χ4v) is 2.59. The zero-order valence-electron chi connectivity index (χ0n) is 11.3. The highest BCUT2D eigenvalue weighted by Gasteiger charge is 2.26. The molecule has 1 aromatic carbocycles. The van der Waals surface area contributed by atoms with Gasteiger partial charge in [-0.2, -0.15) is 4.39 Å². The van der Waals surface area contributed by atoms with Crippen molar-refractivity contribution in [3.63, 3.8) is 0 Å². The Morgan fingerprint density at radius 2 is 1.76 bits per heavy atom. The molecule has 0 bridgehead atoms. The molecule has 21 heavy (non-hydrogen) atoms. The van der Waals surface area contributed by atoms with Gasteiger partial charge in [-0.1, -0.05) is 30.0 Å². The number of hydrogen-bond donors (Lipinski definition) is 1. The summed E-state index contributed by atoms with van der Waals surface area (Å²) in [5.41, 5.74) is 0.0702. The molecule has 0 spiro atoms. The van der Waals surface area contributed by atoms with E-state index in [1.807, 2.05) is 18.2 Å². The number of aromatic amines is 1. The molecule has 2 rings (SSSR count). The zero-order chi connectivity index (χ0) is 15.4. The van der Waals surface area contributed by atoms with E-state index < -0.39 is 22.7 Å². The average molecular weight is 309 g/mol. The minimum Gasteiger partial charge on any atom is -0.465 e. The summed E-state index contributed by atoms with van der Waals surface area (Å²) in [5.74, 6) is -2.15. The van der Waals surface area contributed by atoms with Crippen molar-refractivity contribution in [2.45, 2.75) is 4.90 Å². The number of ether oxygens (including phenoxy) is 2. The van der Waals surface area contributed by atoms with Crippen molar-refractivity contribution in [3.05, 3.63) is 41.2 Å². The third kappa shape index (κ3) is 3.08. The Morgan fingerprint density at radius 3 is 2.38 bits per heavy atom. The van der Waals surface area contributed by atoms with Gasteiger partial charge >= 0.3 is 11.9 Å². The fraction of sp³-hybridized carbons (Fsp3) is 0.143. The van der Waals surface area contributed by atoms with Crippen LogP contribution in [-0.4, -0.2) is 31.1 Å². The molecule has 1 heterocycles. The smallest absolute Gasteiger partial charge is 0.348 e. The number of rotatable bonds is 4. The van der Waals surface area contributed by atoms with E-state index in [0.717, 1.165) is 25.1 Å². The predicted molar refractivity (Wildman–Crippen MR) is 76.3 cm³/mol. The number of H-pyrrole nitrogens is 1. The molecule has 5 nitrogen and oxygen atoms in total. The van der Waals surface area contributed by atoms with E-state index in [-0.39, 0.29) is 0 Å². The normalized spacial score (nSPS) is 10.2. The number of para-hydroxylation sites is 1. The molecular weight excluding hydrogens is 297 g/mol. The number of halogens is 1. The summed E-state index contributed by atoms with van der Waals surface area (Å²) in [6.07, 6.45) is 1.60. The van der Waals surface area contributed by atoms with Crippen LogP contribution in [0.15, 0.2) is 46.1 Å². The number of aromatic nitrogens is 1. The zero-order valence-corrected chi connectivity index (χ0v) is 12.1. The first-order valence-corrected chi connectivity index (χ1v) is 6.70. The topological polar surface area (TPSA) is 68.4 Å². The molecule has 0 saturated carbocycles. The molecule has 1 aromatic heterocycles. The first-order chi connectivity index (χ1) is 10.1. The number of esters is 2. The van der Waals surface area contributed by atoms with Crippen molar-refractivity contribution in [1.29, 1.82) is 0 Å². The second kappa shape index (κ2) is 6.45. The molecule has 0 aliphatic heterocycles. The van der Waals surface area contributed by atoms with Gasteiger partial charge in [0.1, 0.15) is 0 Å². The van der Waals surface area contributed by atoms with Crippen LogP contribution >= 0.6 is 11.8 Å². The highest BCUT2D eigenvalue weighted by Crippen LogP contribution is 2.35. The van der Waals surface area contributed by atoms with Crippen LogP contribution in [-0.2, 0) is 19.1 Å². The molecule has 2 aromatic rings. The maximum Gasteiger partial charge on any atom is 0.348 e. The summed E-state index contributed by atoms with van der Waals surface area (Å²) >= 11 is 0.655. The van der Waals surface area contributed by atoms with Gasteiger partial charge in [0.05, 0.1) is 14.2 Å².